The monoisotopic (exact) mass is 441 g/mol. The van der Waals surface area contributed by atoms with Gasteiger partial charge in [-0.05, 0) is 68.1 Å². The van der Waals surface area contributed by atoms with Gasteiger partial charge in [0.05, 0.1) is 18.6 Å². The molecule has 1 amide bonds. The van der Waals surface area contributed by atoms with Gasteiger partial charge in [-0.25, -0.2) is 8.42 Å². The minimum Gasteiger partial charge on any atom is -0.497 e. The normalized spacial score (nSPS) is 17.7. The standard InChI is InChI=1S/C24H27NO5S/c1-15-11-21-17(3)23(30-22(21)12-16(15)2)24(26)25(19-9-10-31(27,28)14-19)13-18-5-7-20(29-4)8-6-18/h5-8,11-12,19H,9-10,13-14H2,1-4H3. The molecule has 1 fully saturated rings. The summed E-state index contributed by atoms with van der Waals surface area (Å²) in [6.45, 7) is 6.22. The van der Waals surface area contributed by atoms with Gasteiger partial charge < -0.3 is 14.1 Å². The number of fused-ring (bicyclic) bond motifs is 1. The van der Waals surface area contributed by atoms with Gasteiger partial charge in [-0.3, -0.25) is 4.79 Å². The third kappa shape index (κ3) is 4.19. The summed E-state index contributed by atoms with van der Waals surface area (Å²) < 4.78 is 35.5. The van der Waals surface area contributed by atoms with Crippen molar-refractivity contribution in [2.45, 2.75) is 39.8 Å². The lowest BCUT2D eigenvalue weighted by Crippen LogP contribution is -2.40. The number of rotatable bonds is 5. The molecule has 1 atom stereocenters. The average Bonchev–Trinajstić information content (AvgIpc) is 3.26. The van der Waals surface area contributed by atoms with E-state index < -0.39 is 9.84 Å². The van der Waals surface area contributed by atoms with Gasteiger partial charge in [0.1, 0.15) is 11.3 Å². The topological polar surface area (TPSA) is 76.8 Å². The van der Waals surface area contributed by atoms with Crippen LogP contribution in [-0.4, -0.2) is 43.9 Å². The van der Waals surface area contributed by atoms with Crippen LogP contribution >= 0.6 is 0 Å². The van der Waals surface area contributed by atoms with Crippen molar-refractivity contribution in [3.63, 3.8) is 0 Å². The van der Waals surface area contributed by atoms with Gasteiger partial charge in [0.15, 0.2) is 15.6 Å². The van der Waals surface area contributed by atoms with Crippen LogP contribution in [0, 0.1) is 20.8 Å². The molecular weight excluding hydrogens is 414 g/mol. The molecule has 3 aromatic rings. The zero-order valence-electron chi connectivity index (χ0n) is 18.3. The molecule has 31 heavy (non-hydrogen) atoms. The van der Waals surface area contributed by atoms with Crippen molar-refractivity contribution in [1.82, 2.24) is 4.90 Å². The van der Waals surface area contributed by atoms with Gasteiger partial charge in [-0.2, -0.15) is 0 Å². The van der Waals surface area contributed by atoms with Crippen molar-refractivity contribution in [3.05, 3.63) is 64.4 Å². The first-order valence-electron chi connectivity index (χ1n) is 10.3. The lowest BCUT2D eigenvalue weighted by atomic mass is 10.0. The largest absolute Gasteiger partial charge is 0.497 e. The van der Waals surface area contributed by atoms with Crippen molar-refractivity contribution >= 4 is 26.7 Å². The van der Waals surface area contributed by atoms with E-state index in [9.17, 15) is 13.2 Å². The van der Waals surface area contributed by atoms with Gasteiger partial charge in [0.2, 0.25) is 0 Å². The molecule has 4 rings (SSSR count). The molecule has 0 saturated carbocycles. The second-order valence-corrected chi connectivity index (χ2v) is 10.6. The number of carbonyl (C=O) groups excluding carboxylic acids is 1. The molecule has 1 aliphatic heterocycles. The Morgan fingerprint density at radius 1 is 1.13 bits per heavy atom. The molecule has 1 aromatic heterocycles. The highest BCUT2D eigenvalue weighted by Gasteiger charge is 2.36. The lowest BCUT2D eigenvalue weighted by Gasteiger charge is -2.28. The summed E-state index contributed by atoms with van der Waals surface area (Å²) in [5, 5.41) is 0.912. The molecular formula is C24H27NO5S. The maximum atomic E-state index is 13.6. The first-order chi connectivity index (χ1) is 14.7. The molecule has 1 unspecified atom stereocenters. The number of hydrogen-bond donors (Lipinski definition) is 0. The SMILES string of the molecule is COc1ccc(CN(C(=O)c2oc3cc(C)c(C)cc3c2C)C2CCS(=O)(=O)C2)cc1. The fourth-order valence-electron chi connectivity index (χ4n) is 4.13. The summed E-state index contributed by atoms with van der Waals surface area (Å²) in [7, 11) is -1.55. The number of benzene rings is 2. The highest BCUT2D eigenvalue weighted by molar-refractivity contribution is 7.91. The van der Waals surface area contributed by atoms with E-state index in [-0.39, 0.29) is 29.2 Å². The molecule has 0 aliphatic carbocycles. The fourth-order valence-corrected chi connectivity index (χ4v) is 5.86. The molecule has 0 bridgehead atoms. The van der Waals surface area contributed by atoms with E-state index in [2.05, 4.69) is 0 Å². The average molecular weight is 442 g/mol. The molecule has 0 N–H and O–H groups in total. The van der Waals surface area contributed by atoms with E-state index in [0.717, 1.165) is 33.4 Å². The summed E-state index contributed by atoms with van der Waals surface area (Å²) in [6, 6.07) is 11.1. The number of methoxy groups -OCH3 is 1. The first kappa shape index (κ1) is 21.4. The maximum absolute atomic E-state index is 13.6. The number of ether oxygens (including phenoxy) is 1. The Kier molecular flexibility index (Phi) is 5.56. The second-order valence-electron chi connectivity index (χ2n) is 8.33. The van der Waals surface area contributed by atoms with Crippen molar-refractivity contribution < 1.29 is 22.4 Å². The predicted molar refractivity (Wildman–Crippen MR) is 120 cm³/mol. The summed E-state index contributed by atoms with van der Waals surface area (Å²) in [5.74, 6) is 0.803. The Balaban J connectivity index is 1.72. The molecule has 1 saturated heterocycles. The van der Waals surface area contributed by atoms with Crippen molar-refractivity contribution in [1.29, 1.82) is 0 Å². The maximum Gasteiger partial charge on any atom is 0.290 e. The second kappa shape index (κ2) is 8.04. The Bertz CT molecular complexity index is 1240. The summed E-state index contributed by atoms with van der Waals surface area (Å²) in [5.41, 5.74) is 4.58. The zero-order chi connectivity index (χ0) is 22.3. The number of amides is 1. The van der Waals surface area contributed by atoms with Crippen LogP contribution in [0.1, 0.15) is 39.2 Å². The minimum absolute atomic E-state index is 0.0214. The third-order valence-corrected chi connectivity index (χ3v) is 7.92. The first-order valence-corrected chi connectivity index (χ1v) is 12.2. The van der Waals surface area contributed by atoms with Gasteiger partial charge in [-0.15, -0.1) is 0 Å². The molecule has 6 nitrogen and oxygen atoms in total. The van der Waals surface area contributed by atoms with Crippen molar-refractivity contribution in [3.8, 4) is 5.75 Å². The van der Waals surface area contributed by atoms with Crippen LogP contribution in [0.3, 0.4) is 0 Å². The summed E-state index contributed by atoms with van der Waals surface area (Å²) in [6.07, 6.45) is 0.432. The lowest BCUT2D eigenvalue weighted by molar-refractivity contribution is 0.0649. The molecule has 7 heteroatoms. The summed E-state index contributed by atoms with van der Waals surface area (Å²) >= 11 is 0. The van der Waals surface area contributed by atoms with Crippen LogP contribution in [0.2, 0.25) is 0 Å². The third-order valence-electron chi connectivity index (χ3n) is 6.17. The zero-order valence-corrected chi connectivity index (χ0v) is 19.1. The predicted octanol–water partition coefficient (Wildman–Crippen LogP) is 4.20. The summed E-state index contributed by atoms with van der Waals surface area (Å²) in [4.78, 5) is 15.3. The van der Waals surface area contributed by atoms with E-state index in [1.165, 1.54) is 0 Å². The van der Waals surface area contributed by atoms with Crippen LogP contribution < -0.4 is 4.74 Å². The number of sulfone groups is 1. The number of nitrogens with zero attached hydrogens (tertiary/aromatic N) is 1. The van der Waals surface area contributed by atoms with Crippen LogP contribution in [0.15, 0.2) is 40.8 Å². The molecule has 0 radical (unpaired) electrons. The number of hydrogen-bond acceptors (Lipinski definition) is 5. The van der Waals surface area contributed by atoms with Crippen molar-refractivity contribution in [2.75, 3.05) is 18.6 Å². The smallest absolute Gasteiger partial charge is 0.290 e. The highest BCUT2D eigenvalue weighted by Crippen LogP contribution is 2.31. The highest BCUT2D eigenvalue weighted by atomic mass is 32.2. The van der Waals surface area contributed by atoms with Crippen LogP contribution in [0.25, 0.3) is 11.0 Å². The van der Waals surface area contributed by atoms with E-state index in [1.54, 1.807) is 12.0 Å². The van der Waals surface area contributed by atoms with Gasteiger partial charge >= 0.3 is 0 Å². The van der Waals surface area contributed by atoms with Crippen LogP contribution in [-0.2, 0) is 16.4 Å². The Morgan fingerprint density at radius 3 is 2.42 bits per heavy atom. The quantitative estimate of drug-likeness (QED) is 0.593. The van der Waals surface area contributed by atoms with Gasteiger partial charge in [0.25, 0.3) is 5.91 Å². The molecule has 2 heterocycles. The van der Waals surface area contributed by atoms with Crippen molar-refractivity contribution in [2.24, 2.45) is 0 Å². The molecule has 164 valence electrons. The van der Waals surface area contributed by atoms with E-state index in [0.29, 0.717) is 18.5 Å². The Labute approximate surface area is 182 Å². The molecule has 1 aliphatic rings. The van der Waals surface area contributed by atoms with E-state index >= 15 is 0 Å². The van der Waals surface area contributed by atoms with E-state index in [1.807, 2.05) is 57.2 Å². The van der Waals surface area contributed by atoms with Crippen LogP contribution in [0.5, 0.6) is 5.75 Å². The number of aryl methyl sites for hydroxylation is 3. The van der Waals surface area contributed by atoms with Gasteiger partial charge in [0, 0.05) is 23.5 Å². The van der Waals surface area contributed by atoms with Gasteiger partial charge in [-0.1, -0.05) is 12.1 Å². The number of furan rings is 1. The minimum atomic E-state index is -3.15. The Morgan fingerprint density at radius 2 is 1.81 bits per heavy atom. The number of carbonyl (C=O) groups is 1. The molecule has 2 aromatic carbocycles. The fraction of sp³-hybridized carbons (Fsp3) is 0.375. The van der Waals surface area contributed by atoms with Crippen LogP contribution in [0.4, 0.5) is 0 Å². The Hall–Kier alpha value is -2.80. The molecule has 0 spiro atoms. The van der Waals surface area contributed by atoms with E-state index in [4.69, 9.17) is 9.15 Å².